The molecule has 0 heterocycles. The summed E-state index contributed by atoms with van der Waals surface area (Å²) >= 11 is 0. The first-order chi connectivity index (χ1) is 9.70. The zero-order chi connectivity index (χ0) is 14.0. The minimum Gasteiger partial charge on any atom is -0.294 e. The van der Waals surface area contributed by atoms with E-state index in [1.54, 1.807) is 0 Å². The Bertz CT molecular complexity index is 640. The van der Waals surface area contributed by atoms with E-state index in [1.807, 2.05) is 54.6 Å². The number of carbonyl (C=O) groups is 1. The van der Waals surface area contributed by atoms with Gasteiger partial charge in [0.25, 0.3) is 0 Å². The van der Waals surface area contributed by atoms with Crippen LogP contribution in [0.4, 0.5) is 0 Å². The summed E-state index contributed by atoms with van der Waals surface area (Å²) in [6.07, 6.45) is 3.80. The molecule has 1 nitrogen and oxygen atoms in total. The van der Waals surface area contributed by atoms with Gasteiger partial charge < -0.3 is 0 Å². The number of ketones is 1. The van der Waals surface area contributed by atoms with E-state index in [1.165, 1.54) is 0 Å². The van der Waals surface area contributed by atoms with Crippen molar-refractivity contribution >= 4 is 11.9 Å². The van der Waals surface area contributed by atoms with Crippen LogP contribution in [-0.4, -0.2) is 5.78 Å². The third-order valence-corrected chi connectivity index (χ3v) is 4.24. The maximum atomic E-state index is 12.8. The van der Waals surface area contributed by atoms with Crippen LogP contribution in [0.15, 0.2) is 66.2 Å². The molecule has 20 heavy (non-hydrogen) atoms. The Labute approximate surface area is 120 Å². The Morgan fingerprint density at radius 3 is 2.20 bits per heavy atom. The Morgan fingerprint density at radius 2 is 1.55 bits per heavy atom. The molecule has 0 saturated heterocycles. The molecule has 1 aliphatic carbocycles. The van der Waals surface area contributed by atoms with Crippen LogP contribution in [0.1, 0.15) is 30.9 Å². The van der Waals surface area contributed by atoms with Gasteiger partial charge in [-0.15, -0.1) is 0 Å². The second-order valence-electron chi connectivity index (χ2n) is 5.61. The first kappa shape index (κ1) is 12.9. The zero-order valence-corrected chi connectivity index (χ0v) is 11.7. The monoisotopic (exact) mass is 262 g/mol. The molecule has 3 rings (SSSR count). The number of Topliss-reactive ketones (excluding diaryl/α,β-unsaturated/α-hetero) is 1. The van der Waals surface area contributed by atoms with Crippen LogP contribution in [0.2, 0.25) is 0 Å². The second-order valence-corrected chi connectivity index (χ2v) is 5.61. The van der Waals surface area contributed by atoms with Crippen molar-refractivity contribution in [1.82, 2.24) is 0 Å². The van der Waals surface area contributed by atoms with E-state index >= 15 is 0 Å². The molecule has 0 aliphatic heterocycles. The van der Waals surface area contributed by atoms with Crippen LogP contribution in [0.25, 0.3) is 6.08 Å². The first-order valence-electron chi connectivity index (χ1n) is 7.06. The molecule has 100 valence electrons. The van der Waals surface area contributed by atoms with Crippen LogP contribution in [0, 0.1) is 0 Å². The standard InChI is InChI=1S/C19H18O/c1-19(17-10-6-3-7-11-17)13-12-16(18(19)20)14-15-8-4-2-5-9-15/h2-11,14H,12-13H2,1H3/b16-14-/t19-/m1/s1. The summed E-state index contributed by atoms with van der Waals surface area (Å²) in [4.78, 5) is 12.8. The van der Waals surface area contributed by atoms with Crippen LogP contribution in [-0.2, 0) is 10.2 Å². The predicted octanol–water partition coefficient (Wildman–Crippen LogP) is 4.39. The molecule has 1 heteroatoms. The lowest BCUT2D eigenvalue weighted by Gasteiger charge is -2.22. The third kappa shape index (κ3) is 2.20. The first-order valence-corrected chi connectivity index (χ1v) is 7.06. The molecule has 0 amide bonds. The largest absolute Gasteiger partial charge is 0.294 e. The molecule has 0 aromatic heterocycles. The molecule has 1 fully saturated rings. The lowest BCUT2D eigenvalue weighted by Crippen LogP contribution is -2.27. The molecule has 0 N–H and O–H groups in total. The van der Waals surface area contributed by atoms with Gasteiger partial charge >= 0.3 is 0 Å². The molecular formula is C19H18O. The Morgan fingerprint density at radius 1 is 0.950 bits per heavy atom. The quantitative estimate of drug-likeness (QED) is 0.733. The Kier molecular flexibility index (Phi) is 3.27. The minimum absolute atomic E-state index is 0.271. The summed E-state index contributed by atoms with van der Waals surface area (Å²) in [6.45, 7) is 2.07. The molecule has 2 aromatic rings. The van der Waals surface area contributed by atoms with E-state index in [2.05, 4.69) is 19.1 Å². The van der Waals surface area contributed by atoms with E-state index in [9.17, 15) is 4.79 Å². The molecule has 1 atom stereocenters. The van der Waals surface area contributed by atoms with E-state index in [0.717, 1.165) is 29.5 Å². The van der Waals surface area contributed by atoms with Crippen molar-refractivity contribution < 1.29 is 4.79 Å². The summed E-state index contributed by atoms with van der Waals surface area (Å²) < 4.78 is 0. The highest BCUT2D eigenvalue weighted by atomic mass is 16.1. The maximum absolute atomic E-state index is 12.8. The SMILES string of the molecule is C[C@]1(c2ccccc2)CC/C(=C/c2ccccc2)C1=O. The van der Waals surface area contributed by atoms with Crippen molar-refractivity contribution in [2.45, 2.75) is 25.2 Å². The van der Waals surface area contributed by atoms with Crippen molar-refractivity contribution in [3.63, 3.8) is 0 Å². The van der Waals surface area contributed by atoms with Gasteiger partial charge in [0.2, 0.25) is 0 Å². The smallest absolute Gasteiger partial charge is 0.169 e. The molecule has 2 aromatic carbocycles. The Hall–Kier alpha value is -2.15. The number of allylic oxidation sites excluding steroid dienone is 1. The summed E-state index contributed by atoms with van der Waals surface area (Å²) in [5.41, 5.74) is 2.82. The minimum atomic E-state index is -0.359. The third-order valence-electron chi connectivity index (χ3n) is 4.24. The van der Waals surface area contributed by atoms with Gasteiger partial charge in [0.15, 0.2) is 5.78 Å². The lowest BCUT2D eigenvalue weighted by molar-refractivity contribution is -0.118. The van der Waals surface area contributed by atoms with Gasteiger partial charge in [-0.25, -0.2) is 0 Å². The molecular weight excluding hydrogens is 244 g/mol. The summed E-state index contributed by atoms with van der Waals surface area (Å²) in [5, 5.41) is 0. The second kappa shape index (κ2) is 5.09. The lowest BCUT2D eigenvalue weighted by atomic mass is 9.80. The van der Waals surface area contributed by atoms with E-state index in [4.69, 9.17) is 0 Å². The van der Waals surface area contributed by atoms with Crippen molar-refractivity contribution in [1.29, 1.82) is 0 Å². The van der Waals surface area contributed by atoms with E-state index in [0.29, 0.717) is 0 Å². The summed E-state index contributed by atoms with van der Waals surface area (Å²) in [7, 11) is 0. The topological polar surface area (TPSA) is 17.1 Å². The van der Waals surface area contributed by atoms with Gasteiger partial charge in [0.1, 0.15) is 0 Å². The highest BCUT2D eigenvalue weighted by Crippen LogP contribution is 2.41. The molecule has 1 aliphatic rings. The average molecular weight is 262 g/mol. The molecule has 0 spiro atoms. The van der Waals surface area contributed by atoms with Crippen LogP contribution >= 0.6 is 0 Å². The van der Waals surface area contributed by atoms with E-state index < -0.39 is 0 Å². The number of benzene rings is 2. The van der Waals surface area contributed by atoms with Crippen molar-refractivity contribution in [2.24, 2.45) is 0 Å². The number of rotatable bonds is 2. The van der Waals surface area contributed by atoms with Crippen LogP contribution in [0.3, 0.4) is 0 Å². The normalized spacial score (nSPS) is 24.2. The summed E-state index contributed by atoms with van der Waals surface area (Å²) in [5.74, 6) is 0.271. The zero-order valence-electron chi connectivity index (χ0n) is 11.7. The average Bonchev–Trinajstić information content (AvgIpc) is 2.79. The molecule has 0 unspecified atom stereocenters. The highest BCUT2D eigenvalue weighted by molar-refractivity contribution is 6.08. The van der Waals surface area contributed by atoms with Gasteiger partial charge in [-0.1, -0.05) is 60.7 Å². The number of hydrogen-bond donors (Lipinski definition) is 0. The fourth-order valence-corrected chi connectivity index (χ4v) is 2.94. The van der Waals surface area contributed by atoms with Gasteiger partial charge in [-0.3, -0.25) is 4.79 Å². The fraction of sp³-hybridized carbons (Fsp3) is 0.211. The van der Waals surface area contributed by atoms with Gasteiger partial charge in [-0.2, -0.15) is 0 Å². The van der Waals surface area contributed by atoms with Crippen molar-refractivity contribution in [3.8, 4) is 0 Å². The molecule has 0 bridgehead atoms. The maximum Gasteiger partial charge on any atom is 0.169 e. The highest BCUT2D eigenvalue weighted by Gasteiger charge is 2.41. The van der Waals surface area contributed by atoms with Gasteiger partial charge in [0, 0.05) is 0 Å². The Balaban J connectivity index is 1.93. The number of hydrogen-bond acceptors (Lipinski definition) is 1. The molecule has 1 saturated carbocycles. The van der Waals surface area contributed by atoms with Crippen LogP contribution in [0.5, 0.6) is 0 Å². The van der Waals surface area contributed by atoms with Crippen LogP contribution < -0.4 is 0 Å². The van der Waals surface area contributed by atoms with Crippen molar-refractivity contribution in [2.75, 3.05) is 0 Å². The fourth-order valence-electron chi connectivity index (χ4n) is 2.94. The molecule has 0 radical (unpaired) electrons. The van der Waals surface area contributed by atoms with E-state index in [-0.39, 0.29) is 11.2 Å². The number of carbonyl (C=O) groups excluding carboxylic acids is 1. The summed E-state index contributed by atoms with van der Waals surface area (Å²) in [6, 6.07) is 20.2. The van der Waals surface area contributed by atoms with Gasteiger partial charge in [0.05, 0.1) is 5.41 Å². The van der Waals surface area contributed by atoms with Gasteiger partial charge in [-0.05, 0) is 42.5 Å². The predicted molar refractivity (Wildman–Crippen MR) is 82.5 cm³/mol. The van der Waals surface area contributed by atoms with Crippen molar-refractivity contribution in [3.05, 3.63) is 77.4 Å².